The number of hydrogen-bond acceptors (Lipinski definition) is 2. The van der Waals surface area contributed by atoms with E-state index < -0.39 is 6.09 Å². The first-order chi connectivity index (χ1) is 7.18. The number of rotatable bonds is 1. The van der Waals surface area contributed by atoms with Crippen molar-refractivity contribution < 1.29 is 9.90 Å². The third-order valence-electron chi connectivity index (χ3n) is 2.99. The van der Waals surface area contributed by atoms with Crippen molar-refractivity contribution in [3.8, 4) is 0 Å². The van der Waals surface area contributed by atoms with Gasteiger partial charge in [-0.2, -0.15) is 0 Å². The van der Waals surface area contributed by atoms with E-state index >= 15 is 0 Å². The number of likely N-dealkylation sites (tertiary alicyclic amines) is 1. The Morgan fingerprint density at radius 3 is 2.67 bits per heavy atom. The summed E-state index contributed by atoms with van der Waals surface area (Å²) in [6.07, 6.45) is 4.65. The van der Waals surface area contributed by atoms with Crippen LogP contribution in [0, 0.1) is 0 Å². The Bertz CT molecular complexity index is 353. The number of aromatic nitrogens is 2. The van der Waals surface area contributed by atoms with E-state index in [2.05, 4.69) is 4.98 Å². The Labute approximate surface area is 88.3 Å². The molecule has 1 fully saturated rings. The molecule has 0 unspecified atom stereocenters. The number of hydrogen-bond donors (Lipinski definition) is 1. The monoisotopic (exact) mass is 209 g/mol. The van der Waals surface area contributed by atoms with E-state index in [4.69, 9.17) is 5.11 Å². The van der Waals surface area contributed by atoms with Gasteiger partial charge in [-0.25, -0.2) is 9.78 Å². The first-order valence-electron chi connectivity index (χ1n) is 5.13. The highest BCUT2D eigenvalue weighted by Crippen LogP contribution is 2.26. The van der Waals surface area contributed by atoms with E-state index in [1.165, 1.54) is 4.90 Å². The molecule has 82 valence electrons. The lowest BCUT2D eigenvalue weighted by Gasteiger charge is -2.29. The Balaban J connectivity index is 2.00. The van der Waals surface area contributed by atoms with E-state index in [9.17, 15) is 4.79 Å². The third kappa shape index (κ3) is 1.95. The molecule has 5 nitrogen and oxygen atoms in total. The number of aryl methyl sites for hydroxylation is 1. The van der Waals surface area contributed by atoms with Gasteiger partial charge in [0.2, 0.25) is 0 Å². The minimum Gasteiger partial charge on any atom is -0.465 e. The Hall–Kier alpha value is -1.52. The van der Waals surface area contributed by atoms with Crippen LogP contribution in [0.5, 0.6) is 0 Å². The van der Waals surface area contributed by atoms with Crippen molar-refractivity contribution in [2.45, 2.75) is 18.8 Å². The van der Waals surface area contributed by atoms with Crippen molar-refractivity contribution in [1.82, 2.24) is 14.5 Å². The second-order valence-electron chi connectivity index (χ2n) is 3.94. The minimum atomic E-state index is -0.812. The topological polar surface area (TPSA) is 58.4 Å². The first kappa shape index (κ1) is 10.0. The van der Waals surface area contributed by atoms with Gasteiger partial charge in [-0.05, 0) is 12.8 Å². The molecule has 0 aromatic carbocycles. The van der Waals surface area contributed by atoms with Crippen LogP contribution in [0.15, 0.2) is 12.4 Å². The van der Waals surface area contributed by atoms with Crippen LogP contribution in [0.25, 0.3) is 0 Å². The largest absolute Gasteiger partial charge is 0.465 e. The standard InChI is InChI=1S/C10H15N3O2/c1-12-7-4-11-9(12)8-2-5-13(6-3-8)10(14)15/h4,7-8H,2-3,5-6H2,1H3,(H,14,15). The zero-order valence-corrected chi connectivity index (χ0v) is 8.76. The molecule has 1 aromatic rings. The molecule has 5 heteroatoms. The van der Waals surface area contributed by atoms with Gasteiger partial charge in [-0.15, -0.1) is 0 Å². The maximum Gasteiger partial charge on any atom is 0.407 e. The predicted octanol–water partition coefficient (Wildman–Crippen LogP) is 1.28. The van der Waals surface area contributed by atoms with Gasteiger partial charge in [0.15, 0.2) is 0 Å². The summed E-state index contributed by atoms with van der Waals surface area (Å²) < 4.78 is 2.01. The molecule has 0 radical (unpaired) electrons. The van der Waals surface area contributed by atoms with Crippen LogP contribution in [-0.2, 0) is 7.05 Å². The molecular weight excluding hydrogens is 194 g/mol. The van der Waals surface area contributed by atoms with Crippen LogP contribution < -0.4 is 0 Å². The van der Waals surface area contributed by atoms with Crippen LogP contribution in [0.4, 0.5) is 4.79 Å². The normalized spacial score (nSPS) is 18.1. The predicted molar refractivity (Wildman–Crippen MR) is 54.8 cm³/mol. The van der Waals surface area contributed by atoms with Crippen LogP contribution in [0.2, 0.25) is 0 Å². The van der Waals surface area contributed by atoms with Gasteiger partial charge in [0, 0.05) is 38.4 Å². The lowest BCUT2D eigenvalue weighted by Crippen LogP contribution is -2.37. The van der Waals surface area contributed by atoms with Crippen molar-refractivity contribution in [3.63, 3.8) is 0 Å². The average molecular weight is 209 g/mol. The lowest BCUT2D eigenvalue weighted by molar-refractivity contribution is 0.131. The number of piperidine rings is 1. The van der Waals surface area contributed by atoms with Gasteiger partial charge in [0.25, 0.3) is 0 Å². The highest BCUT2D eigenvalue weighted by atomic mass is 16.4. The van der Waals surface area contributed by atoms with Gasteiger partial charge < -0.3 is 14.6 Å². The summed E-state index contributed by atoms with van der Waals surface area (Å²) in [5.41, 5.74) is 0. The molecule has 1 amide bonds. The van der Waals surface area contributed by atoms with Crippen LogP contribution in [0.1, 0.15) is 24.6 Å². The zero-order chi connectivity index (χ0) is 10.8. The Kier molecular flexibility index (Phi) is 2.62. The SMILES string of the molecule is Cn1ccnc1C1CCN(C(=O)O)CC1. The first-order valence-corrected chi connectivity index (χ1v) is 5.13. The Morgan fingerprint density at radius 1 is 1.53 bits per heavy atom. The maximum atomic E-state index is 10.7. The lowest BCUT2D eigenvalue weighted by atomic mass is 9.96. The van der Waals surface area contributed by atoms with Gasteiger partial charge in [-0.3, -0.25) is 0 Å². The van der Waals surface area contributed by atoms with E-state index in [-0.39, 0.29) is 0 Å². The number of carboxylic acid groups (broad SMARTS) is 1. The number of amides is 1. The summed E-state index contributed by atoms with van der Waals surface area (Å²) in [5, 5.41) is 8.81. The second-order valence-corrected chi connectivity index (χ2v) is 3.94. The fraction of sp³-hybridized carbons (Fsp3) is 0.600. The van der Waals surface area contributed by atoms with Crippen LogP contribution in [0.3, 0.4) is 0 Å². The van der Waals surface area contributed by atoms with Crippen molar-refractivity contribution in [3.05, 3.63) is 18.2 Å². The molecule has 2 heterocycles. The fourth-order valence-corrected chi connectivity index (χ4v) is 2.10. The average Bonchev–Trinajstić information content (AvgIpc) is 2.65. The molecule has 0 atom stereocenters. The maximum absolute atomic E-state index is 10.7. The van der Waals surface area contributed by atoms with Crippen LogP contribution >= 0.6 is 0 Å². The van der Waals surface area contributed by atoms with E-state index in [0.29, 0.717) is 19.0 Å². The van der Waals surface area contributed by atoms with E-state index in [1.807, 2.05) is 17.8 Å². The molecular formula is C10H15N3O2. The third-order valence-corrected chi connectivity index (χ3v) is 2.99. The van der Waals surface area contributed by atoms with Crippen LogP contribution in [-0.4, -0.2) is 38.7 Å². The molecule has 0 aliphatic carbocycles. The van der Waals surface area contributed by atoms with Gasteiger partial charge >= 0.3 is 6.09 Å². The summed E-state index contributed by atoms with van der Waals surface area (Å²) in [5.74, 6) is 1.47. The number of imidazole rings is 1. The zero-order valence-electron chi connectivity index (χ0n) is 8.76. The Morgan fingerprint density at radius 2 is 2.20 bits per heavy atom. The van der Waals surface area contributed by atoms with Crippen molar-refractivity contribution in [2.75, 3.05) is 13.1 Å². The molecule has 2 rings (SSSR count). The van der Waals surface area contributed by atoms with Gasteiger partial charge in [0.05, 0.1) is 0 Å². The quantitative estimate of drug-likeness (QED) is 0.758. The number of nitrogens with zero attached hydrogens (tertiary/aromatic N) is 3. The second kappa shape index (κ2) is 3.92. The van der Waals surface area contributed by atoms with E-state index in [0.717, 1.165) is 18.7 Å². The van der Waals surface area contributed by atoms with Gasteiger partial charge in [0.1, 0.15) is 5.82 Å². The molecule has 0 spiro atoms. The van der Waals surface area contributed by atoms with Gasteiger partial charge in [-0.1, -0.05) is 0 Å². The molecule has 1 aliphatic rings. The van der Waals surface area contributed by atoms with Crippen molar-refractivity contribution >= 4 is 6.09 Å². The number of carbonyl (C=O) groups is 1. The molecule has 1 aliphatic heterocycles. The molecule has 0 bridgehead atoms. The molecule has 0 saturated carbocycles. The molecule has 1 saturated heterocycles. The van der Waals surface area contributed by atoms with Crippen molar-refractivity contribution in [2.24, 2.45) is 7.05 Å². The molecule has 15 heavy (non-hydrogen) atoms. The summed E-state index contributed by atoms with van der Waals surface area (Å²) >= 11 is 0. The highest BCUT2D eigenvalue weighted by Gasteiger charge is 2.25. The minimum absolute atomic E-state index is 0.403. The highest BCUT2D eigenvalue weighted by molar-refractivity contribution is 5.65. The molecule has 1 N–H and O–H groups in total. The fourth-order valence-electron chi connectivity index (χ4n) is 2.10. The summed E-state index contributed by atoms with van der Waals surface area (Å²) in [6.45, 7) is 1.24. The summed E-state index contributed by atoms with van der Waals surface area (Å²) in [6, 6.07) is 0. The summed E-state index contributed by atoms with van der Waals surface area (Å²) in [4.78, 5) is 16.5. The smallest absolute Gasteiger partial charge is 0.407 e. The summed E-state index contributed by atoms with van der Waals surface area (Å²) in [7, 11) is 1.98. The molecule has 1 aromatic heterocycles. The van der Waals surface area contributed by atoms with Crippen molar-refractivity contribution in [1.29, 1.82) is 0 Å². The van der Waals surface area contributed by atoms with E-state index in [1.54, 1.807) is 6.20 Å².